The van der Waals surface area contributed by atoms with Crippen molar-refractivity contribution in [1.82, 2.24) is 20.1 Å². The fourth-order valence-electron chi connectivity index (χ4n) is 2.26. The van der Waals surface area contributed by atoms with Crippen molar-refractivity contribution < 1.29 is 9.72 Å². The molecule has 0 radical (unpaired) electrons. The number of hydrogen-bond acceptors (Lipinski definition) is 5. The standard InChI is InChI=1S/C17H15N5O3/c23-17(13-4-6-14(7-5-13)22(24)25)19-10-12-21-11-8-16(20-21)15-3-1-2-9-18-15/h1-9,11H,10,12H2,(H,19,23). The number of nitrogens with zero attached hydrogens (tertiary/aromatic N) is 4. The number of nitro groups is 1. The second-order valence-electron chi connectivity index (χ2n) is 5.24. The smallest absolute Gasteiger partial charge is 0.269 e. The Balaban J connectivity index is 1.53. The lowest BCUT2D eigenvalue weighted by atomic mass is 10.2. The van der Waals surface area contributed by atoms with E-state index in [2.05, 4.69) is 15.4 Å². The second-order valence-corrected chi connectivity index (χ2v) is 5.24. The summed E-state index contributed by atoms with van der Waals surface area (Å²) in [6.07, 6.45) is 3.53. The zero-order chi connectivity index (χ0) is 17.6. The number of amides is 1. The third kappa shape index (κ3) is 4.05. The number of benzene rings is 1. The molecule has 3 aromatic rings. The number of hydrogen-bond donors (Lipinski definition) is 1. The minimum Gasteiger partial charge on any atom is -0.350 e. The fraction of sp³-hybridized carbons (Fsp3) is 0.118. The fourth-order valence-corrected chi connectivity index (χ4v) is 2.26. The van der Waals surface area contributed by atoms with Crippen LogP contribution in [0.15, 0.2) is 60.9 Å². The van der Waals surface area contributed by atoms with Gasteiger partial charge in [-0.15, -0.1) is 0 Å². The Bertz CT molecular complexity index is 875. The second kappa shape index (κ2) is 7.35. The van der Waals surface area contributed by atoms with Crippen LogP contribution in [-0.4, -0.2) is 32.1 Å². The van der Waals surface area contributed by atoms with Crippen LogP contribution in [0.4, 0.5) is 5.69 Å². The van der Waals surface area contributed by atoms with Crippen LogP contribution < -0.4 is 5.32 Å². The van der Waals surface area contributed by atoms with Gasteiger partial charge in [-0.1, -0.05) is 6.07 Å². The van der Waals surface area contributed by atoms with Gasteiger partial charge < -0.3 is 5.32 Å². The first kappa shape index (κ1) is 16.3. The summed E-state index contributed by atoms with van der Waals surface area (Å²) in [5, 5.41) is 17.8. The van der Waals surface area contributed by atoms with Gasteiger partial charge in [-0.25, -0.2) is 0 Å². The molecule has 0 aliphatic heterocycles. The molecular formula is C17H15N5O3. The highest BCUT2D eigenvalue weighted by Gasteiger charge is 2.09. The molecular weight excluding hydrogens is 322 g/mol. The number of non-ortho nitro benzene ring substituents is 1. The first-order valence-electron chi connectivity index (χ1n) is 7.61. The average molecular weight is 337 g/mol. The normalized spacial score (nSPS) is 10.4. The lowest BCUT2D eigenvalue weighted by molar-refractivity contribution is -0.384. The number of nitrogens with one attached hydrogen (secondary N) is 1. The maximum atomic E-state index is 12.0. The molecule has 0 atom stereocenters. The van der Waals surface area contributed by atoms with Gasteiger partial charge in [0.25, 0.3) is 11.6 Å². The van der Waals surface area contributed by atoms with E-state index in [0.717, 1.165) is 11.4 Å². The molecule has 2 aromatic heterocycles. The molecule has 8 heteroatoms. The topological polar surface area (TPSA) is 103 Å². The molecule has 126 valence electrons. The van der Waals surface area contributed by atoms with Gasteiger partial charge in [-0.3, -0.25) is 24.6 Å². The van der Waals surface area contributed by atoms with Crippen LogP contribution in [-0.2, 0) is 6.54 Å². The molecule has 3 rings (SSSR count). The van der Waals surface area contributed by atoms with E-state index in [1.165, 1.54) is 24.3 Å². The molecule has 1 aromatic carbocycles. The molecule has 0 saturated heterocycles. The predicted molar refractivity (Wildman–Crippen MR) is 90.9 cm³/mol. The largest absolute Gasteiger partial charge is 0.350 e. The van der Waals surface area contributed by atoms with Gasteiger partial charge in [0.05, 0.1) is 17.2 Å². The third-order valence-corrected chi connectivity index (χ3v) is 3.53. The summed E-state index contributed by atoms with van der Waals surface area (Å²) in [6.45, 7) is 0.894. The molecule has 0 aliphatic carbocycles. The van der Waals surface area contributed by atoms with Gasteiger partial charge >= 0.3 is 0 Å². The summed E-state index contributed by atoms with van der Waals surface area (Å²) in [5.41, 5.74) is 1.88. The van der Waals surface area contributed by atoms with E-state index in [9.17, 15) is 14.9 Å². The van der Waals surface area contributed by atoms with Crippen molar-refractivity contribution in [3.05, 3.63) is 76.6 Å². The molecule has 2 heterocycles. The molecule has 25 heavy (non-hydrogen) atoms. The van der Waals surface area contributed by atoms with Crippen molar-refractivity contribution >= 4 is 11.6 Å². The van der Waals surface area contributed by atoms with Gasteiger partial charge in [-0.2, -0.15) is 5.10 Å². The monoisotopic (exact) mass is 337 g/mol. The maximum Gasteiger partial charge on any atom is 0.269 e. The van der Waals surface area contributed by atoms with E-state index in [-0.39, 0.29) is 11.6 Å². The number of rotatable bonds is 6. The van der Waals surface area contributed by atoms with Crippen LogP contribution in [0, 0.1) is 10.1 Å². The minimum atomic E-state index is -0.501. The predicted octanol–water partition coefficient (Wildman–Crippen LogP) is 2.28. The van der Waals surface area contributed by atoms with E-state index in [0.29, 0.717) is 18.7 Å². The van der Waals surface area contributed by atoms with Gasteiger partial charge in [0.2, 0.25) is 0 Å². The maximum absolute atomic E-state index is 12.0. The molecule has 8 nitrogen and oxygen atoms in total. The van der Waals surface area contributed by atoms with Crippen molar-refractivity contribution in [2.24, 2.45) is 0 Å². The number of aromatic nitrogens is 3. The number of nitro benzene ring substituents is 1. The van der Waals surface area contributed by atoms with Crippen LogP contribution >= 0.6 is 0 Å². The van der Waals surface area contributed by atoms with Crippen LogP contribution in [0.1, 0.15) is 10.4 Å². The Morgan fingerprint density at radius 3 is 2.60 bits per heavy atom. The van der Waals surface area contributed by atoms with E-state index < -0.39 is 4.92 Å². The first-order valence-corrected chi connectivity index (χ1v) is 7.61. The van der Waals surface area contributed by atoms with Crippen molar-refractivity contribution in [3.63, 3.8) is 0 Å². The Morgan fingerprint density at radius 1 is 1.12 bits per heavy atom. The first-order chi connectivity index (χ1) is 12.1. The number of carbonyl (C=O) groups is 1. The van der Waals surface area contributed by atoms with Crippen LogP contribution in [0.25, 0.3) is 11.4 Å². The van der Waals surface area contributed by atoms with E-state index in [4.69, 9.17) is 0 Å². The molecule has 0 aliphatic rings. The Kier molecular flexibility index (Phi) is 4.79. The Labute approximate surface area is 143 Å². The van der Waals surface area contributed by atoms with Crippen LogP contribution in [0.2, 0.25) is 0 Å². The highest BCUT2D eigenvalue weighted by atomic mass is 16.6. The summed E-state index contributed by atoms with van der Waals surface area (Å²) >= 11 is 0. The molecule has 1 N–H and O–H groups in total. The van der Waals surface area contributed by atoms with E-state index in [1.54, 1.807) is 10.9 Å². The molecule has 1 amide bonds. The molecule has 0 bridgehead atoms. The third-order valence-electron chi connectivity index (χ3n) is 3.53. The summed E-state index contributed by atoms with van der Waals surface area (Å²) < 4.78 is 1.72. The van der Waals surface area contributed by atoms with Crippen molar-refractivity contribution in [2.75, 3.05) is 6.54 Å². The lowest BCUT2D eigenvalue weighted by Crippen LogP contribution is -2.27. The SMILES string of the molecule is O=C(NCCn1ccc(-c2ccccn2)n1)c1ccc([N+](=O)[O-])cc1. The number of carbonyl (C=O) groups excluding carboxylic acids is 1. The Morgan fingerprint density at radius 2 is 1.92 bits per heavy atom. The van der Waals surface area contributed by atoms with Crippen molar-refractivity contribution in [2.45, 2.75) is 6.54 Å². The van der Waals surface area contributed by atoms with Gasteiger partial charge in [0.1, 0.15) is 5.69 Å². The number of pyridine rings is 1. The van der Waals surface area contributed by atoms with Crippen molar-refractivity contribution in [3.8, 4) is 11.4 Å². The molecule has 0 unspecified atom stereocenters. The highest BCUT2D eigenvalue weighted by Crippen LogP contribution is 2.13. The lowest BCUT2D eigenvalue weighted by Gasteiger charge is -2.05. The van der Waals surface area contributed by atoms with Crippen LogP contribution in [0.3, 0.4) is 0 Å². The quantitative estimate of drug-likeness (QED) is 0.549. The summed E-state index contributed by atoms with van der Waals surface area (Å²) in [4.78, 5) is 26.4. The van der Waals surface area contributed by atoms with Gasteiger partial charge in [0.15, 0.2) is 0 Å². The van der Waals surface area contributed by atoms with Gasteiger partial charge in [-0.05, 0) is 30.3 Å². The molecule has 0 spiro atoms. The summed E-state index contributed by atoms with van der Waals surface area (Å²) in [7, 11) is 0. The Hall–Kier alpha value is -3.55. The van der Waals surface area contributed by atoms with Gasteiger partial charge in [0, 0.05) is 36.6 Å². The zero-order valence-corrected chi connectivity index (χ0v) is 13.2. The zero-order valence-electron chi connectivity index (χ0n) is 13.2. The van der Waals surface area contributed by atoms with E-state index in [1.807, 2.05) is 30.5 Å². The van der Waals surface area contributed by atoms with Crippen LogP contribution in [0.5, 0.6) is 0 Å². The summed E-state index contributed by atoms with van der Waals surface area (Å²) in [5.74, 6) is -0.285. The molecule has 0 fully saturated rings. The van der Waals surface area contributed by atoms with Crippen molar-refractivity contribution in [1.29, 1.82) is 0 Å². The molecule has 0 saturated carbocycles. The average Bonchev–Trinajstić information content (AvgIpc) is 3.11. The summed E-state index contributed by atoms with van der Waals surface area (Å²) in [6, 6.07) is 13.0. The minimum absolute atomic E-state index is 0.0462. The highest BCUT2D eigenvalue weighted by molar-refractivity contribution is 5.94. The van der Waals surface area contributed by atoms with E-state index >= 15 is 0 Å².